The molecule has 0 amide bonds. The zero-order valence-electron chi connectivity index (χ0n) is 11.3. The van der Waals surface area contributed by atoms with E-state index >= 15 is 0 Å². The number of ether oxygens (including phenoxy) is 1. The van der Waals surface area contributed by atoms with E-state index in [9.17, 15) is 0 Å². The molecule has 2 heteroatoms. The molecule has 2 nitrogen and oxygen atoms in total. The fourth-order valence-electron chi connectivity index (χ4n) is 3.02. The van der Waals surface area contributed by atoms with E-state index in [0.717, 1.165) is 18.8 Å². The Morgan fingerprint density at radius 3 is 2.62 bits per heavy atom. The smallest absolute Gasteiger partial charge is 0.0807 e. The van der Waals surface area contributed by atoms with Crippen molar-refractivity contribution in [1.29, 1.82) is 0 Å². The summed E-state index contributed by atoms with van der Waals surface area (Å²) in [6, 6.07) is 0. The van der Waals surface area contributed by atoms with Crippen LogP contribution < -0.4 is 5.73 Å². The summed E-state index contributed by atoms with van der Waals surface area (Å²) in [6.07, 6.45) is 9.26. The van der Waals surface area contributed by atoms with Gasteiger partial charge in [0.1, 0.15) is 0 Å². The average Bonchev–Trinajstić information content (AvgIpc) is 2.42. The molecule has 0 aliphatic heterocycles. The lowest BCUT2D eigenvalue weighted by Gasteiger charge is -2.33. The Hall–Kier alpha value is -0.0800. The van der Waals surface area contributed by atoms with E-state index in [2.05, 4.69) is 20.8 Å². The van der Waals surface area contributed by atoms with Gasteiger partial charge in [-0.05, 0) is 39.0 Å². The van der Waals surface area contributed by atoms with Gasteiger partial charge in [-0.1, -0.05) is 32.6 Å². The van der Waals surface area contributed by atoms with E-state index in [0.29, 0.717) is 12.6 Å². The minimum absolute atomic E-state index is 0.0172. The van der Waals surface area contributed by atoms with E-state index < -0.39 is 0 Å². The van der Waals surface area contributed by atoms with E-state index in [-0.39, 0.29) is 5.60 Å². The molecular weight excluding hydrogens is 198 g/mol. The van der Waals surface area contributed by atoms with Crippen LogP contribution in [0.25, 0.3) is 0 Å². The molecular formula is C14H29NO. The summed E-state index contributed by atoms with van der Waals surface area (Å²) < 4.78 is 6.11. The SMILES string of the molecule is CCCC1CCCC(CN)(OC(C)C)CC1. The second-order valence-electron chi connectivity index (χ2n) is 5.64. The summed E-state index contributed by atoms with van der Waals surface area (Å²) >= 11 is 0. The van der Waals surface area contributed by atoms with Crippen LogP contribution in [0, 0.1) is 5.92 Å². The van der Waals surface area contributed by atoms with Gasteiger partial charge in [-0.25, -0.2) is 0 Å². The lowest BCUT2D eigenvalue weighted by atomic mass is 9.92. The average molecular weight is 227 g/mol. The van der Waals surface area contributed by atoms with E-state index in [1.807, 2.05) is 0 Å². The Morgan fingerprint density at radius 2 is 2.06 bits per heavy atom. The van der Waals surface area contributed by atoms with Crippen LogP contribution in [-0.2, 0) is 4.74 Å². The third kappa shape index (κ3) is 4.06. The van der Waals surface area contributed by atoms with Crippen molar-refractivity contribution < 1.29 is 4.74 Å². The molecule has 1 rings (SSSR count). The van der Waals surface area contributed by atoms with Crippen LogP contribution >= 0.6 is 0 Å². The van der Waals surface area contributed by atoms with Gasteiger partial charge in [0.05, 0.1) is 11.7 Å². The van der Waals surface area contributed by atoms with Crippen LogP contribution in [0.1, 0.15) is 65.7 Å². The first-order valence-corrected chi connectivity index (χ1v) is 7.00. The minimum atomic E-state index is -0.0172. The molecule has 96 valence electrons. The Balaban J connectivity index is 2.53. The van der Waals surface area contributed by atoms with Gasteiger partial charge in [-0.3, -0.25) is 0 Å². The number of hydrogen-bond donors (Lipinski definition) is 1. The van der Waals surface area contributed by atoms with Crippen molar-refractivity contribution in [3.05, 3.63) is 0 Å². The van der Waals surface area contributed by atoms with Crippen molar-refractivity contribution in [3.8, 4) is 0 Å². The molecule has 0 radical (unpaired) electrons. The van der Waals surface area contributed by atoms with Gasteiger partial charge in [0, 0.05) is 6.54 Å². The van der Waals surface area contributed by atoms with Crippen molar-refractivity contribution in [2.75, 3.05) is 6.54 Å². The van der Waals surface area contributed by atoms with Gasteiger partial charge in [0.15, 0.2) is 0 Å². The number of hydrogen-bond acceptors (Lipinski definition) is 2. The zero-order valence-corrected chi connectivity index (χ0v) is 11.3. The summed E-state index contributed by atoms with van der Waals surface area (Å²) in [7, 11) is 0. The topological polar surface area (TPSA) is 35.2 Å². The monoisotopic (exact) mass is 227 g/mol. The van der Waals surface area contributed by atoms with Crippen LogP contribution in [0.15, 0.2) is 0 Å². The fourth-order valence-corrected chi connectivity index (χ4v) is 3.02. The van der Waals surface area contributed by atoms with E-state index in [4.69, 9.17) is 10.5 Å². The van der Waals surface area contributed by atoms with Gasteiger partial charge in [0.2, 0.25) is 0 Å². The number of nitrogens with two attached hydrogens (primary N) is 1. The number of rotatable bonds is 5. The second-order valence-corrected chi connectivity index (χ2v) is 5.64. The standard InChI is InChI=1S/C14H29NO/c1-4-6-13-7-5-9-14(11-15,10-8-13)16-12(2)3/h12-13H,4-11,15H2,1-3H3. The highest BCUT2D eigenvalue weighted by Gasteiger charge is 2.33. The Labute approximate surface area is 101 Å². The summed E-state index contributed by atoms with van der Waals surface area (Å²) in [5, 5.41) is 0. The quantitative estimate of drug-likeness (QED) is 0.730. The molecule has 0 aromatic carbocycles. The predicted octanol–water partition coefficient (Wildman–Crippen LogP) is 3.49. The molecule has 0 bridgehead atoms. The molecule has 2 N–H and O–H groups in total. The second kappa shape index (κ2) is 6.61. The maximum Gasteiger partial charge on any atom is 0.0807 e. The van der Waals surface area contributed by atoms with Gasteiger partial charge >= 0.3 is 0 Å². The fraction of sp³-hybridized carbons (Fsp3) is 1.00. The van der Waals surface area contributed by atoms with Crippen molar-refractivity contribution in [2.24, 2.45) is 11.7 Å². The largest absolute Gasteiger partial charge is 0.371 e. The van der Waals surface area contributed by atoms with Gasteiger partial charge in [0.25, 0.3) is 0 Å². The Morgan fingerprint density at radius 1 is 1.31 bits per heavy atom. The first-order chi connectivity index (χ1) is 7.62. The van der Waals surface area contributed by atoms with Crippen LogP contribution in [0.2, 0.25) is 0 Å². The molecule has 1 saturated carbocycles. The maximum atomic E-state index is 6.11. The van der Waals surface area contributed by atoms with Gasteiger partial charge in [-0.2, -0.15) is 0 Å². The lowest BCUT2D eigenvalue weighted by molar-refractivity contribution is -0.0834. The highest BCUT2D eigenvalue weighted by Crippen LogP contribution is 2.35. The van der Waals surface area contributed by atoms with E-state index in [1.165, 1.54) is 32.1 Å². The van der Waals surface area contributed by atoms with Crippen LogP contribution in [0.3, 0.4) is 0 Å². The predicted molar refractivity (Wildman–Crippen MR) is 69.5 cm³/mol. The molecule has 0 saturated heterocycles. The zero-order chi connectivity index (χ0) is 12.0. The third-order valence-electron chi connectivity index (χ3n) is 3.81. The first kappa shape index (κ1) is 14.0. The summed E-state index contributed by atoms with van der Waals surface area (Å²) in [6.45, 7) is 7.20. The normalized spacial score (nSPS) is 31.7. The van der Waals surface area contributed by atoms with Crippen LogP contribution in [0.5, 0.6) is 0 Å². The van der Waals surface area contributed by atoms with Crippen LogP contribution in [-0.4, -0.2) is 18.2 Å². The molecule has 1 aliphatic rings. The molecule has 16 heavy (non-hydrogen) atoms. The summed E-state index contributed by atoms with van der Waals surface area (Å²) in [5.41, 5.74) is 5.93. The first-order valence-electron chi connectivity index (χ1n) is 7.00. The molecule has 0 aromatic rings. The van der Waals surface area contributed by atoms with Crippen LogP contribution in [0.4, 0.5) is 0 Å². The van der Waals surface area contributed by atoms with Gasteiger partial charge in [-0.15, -0.1) is 0 Å². The van der Waals surface area contributed by atoms with Crippen molar-refractivity contribution in [1.82, 2.24) is 0 Å². The van der Waals surface area contributed by atoms with Crippen molar-refractivity contribution >= 4 is 0 Å². The minimum Gasteiger partial charge on any atom is -0.371 e. The summed E-state index contributed by atoms with van der Waals surface area (Å²) in [5.74, 6) is 0.911. The van der Waals surface area contributed by atoms with Crippen molar-refractivity contribution in [3.63, 3.8) is 0 Å². The molecule has 2 atom stereocenters. The molecule has 2 unspecified atom stereocenters. The molecule has 1 aliphatic carbocycles. The highest BCUT2D eigenvalue weighted by atomic mass is 16.5. The molecule has 0 spiro atoms. The molecule has 1 fully saturated rings. The Bertz CT molecular complexity index is 193. The Kier molecular flexibility index (Phi) is 5.77. The van der Waals surface area contributed by atoms with Gasteiger partial charge < -0.3 is 10.5 Å². The lowest BCUT2D eigenvalue weighted by Crippen LogP contribution is -2.42. The van der Waals surface area contributed by atoms with E-state index in [1.54, 1.807) is 0 Å². The highest BCUT2D eigenvalue weighted by molar-refractivity contribution is 4.86. The third-order valence-corrected chi connectivity index (χ3v) is 3.81. The molecule has 0 heterocycles. The molecule has 0 aromatic heterocycles. The van der Waals surface area contributed by atoms with Crippen molar-refractivity contribution in [2.45, 2.75) is 77.4 Å². The summed E-state index contributed by atoms with van der Waals surface area (Å²) in [4.78, 5) is 0. The maximum absolute atomic E-state index is 6.11.